The zero-order chi connectivity index (χ0) is 26.3. The third-order valence-corrected chi connectivity index (χ3v) is 6.67. The first-order valence-electron chi connectivity index (χ1n) is 11.9. The number of amides is 1. The van der Waals surface area contributed by atoms with E-state index in [0.29, 0.717) is 16.8 Å². The molecule has 5 rings (SSSR count). The van der Waals surface area contributed by atoms with Gasteiger partial charge in [0.15, 0.2) is 0 Å². The number of aliphatic hydroxyl groups excluding tert-OH is 1. The predicted molar refractivity (Wildman–Crippen MR) is 142 cm³/mol. The quantitative estimate of drug-likeness (QED) is 0.124. The van der Waals surface area contributed by atoms with Crippen molar-refractivity contribution in [3.05, 3.63) is 113 Å². The van der Waals surface area contributed by atoms with Gasteiger partial charge in [0.1, 0.15) is 11.5 Å². The number of rotatable bonds is 4. The number of esters is 1. The second-order valence-electron chi connectivity index (χ2n) is 9.17. The van der Waals surface area contributed by atoms with Crippen molar-refractivity contribution in [3.63, 3.8) is 0 Å². The Morgan fingerprint density at radius 3 is 2.32 bits per heavy atom. The van der Waals surface area contributed by atoms with Crippen LogP contribution in [0.15, 0.2) is 90.5 Å². The van der Waals surface area contributed by atoms with Gasteiger partial charge in [-0.1, -0.05) is 54.6 Å². The van der Waals surface area contributed by atoms with Crippen molar-refractivity contribution in [1.29, 1.82) is 0 Å². The summed E-state index contributed by atoms with van der Waals surface area (Å²) in [6.07, 6.45) is 0. The van der Waals surface area contributed by atoms with Crippen LogP contribution in [-0.2, 0) is 14.4 Å². The van der Waals surface area contributed by atoms with E-state index >= 15 is 0 Å². The number of carbonyl (C=O) groups is 3. The van der Waals surface area contributed by atoms with Crippen molar-refractivity contribution < 1.29 is 24.2 Å². The van der Waals surface area contributed by atoms with Gasteiger partial charge < -0.3 is 9.84 Å². The molecule has 1 fully saturated rings. The number of Topliss-reactive ketones (excluding diaryl/α,β-unsaturated/α-hetero) is 1. The Morgan fingerprint density at radius 1 is 0.838 bits per heavy atom. The maximum atomic E-state index is 13.5. The summed E-state index contributed by atoms with van der Waals surface area (Å²) < 4.78 is 5.27. The van der Waals surface area contributed by atoms with Gasteiger partial charge in [-0.15, -0.1) is 0 Å². The van der Waals surface area contributed by atoms with Crippen LogP contribution in [-0.4, -0.2) is 22.8 Å². The molecule has 4 aromatic carbocycles. The number of benzene rings is 4. The molecule has 6 nitrogen and oxygen atoms in total. The lowest BCUT2D eigenvalue weighted by atomic mass is 9.94. The lowest BCUT2D eigenvalue weighted by molar-refractivity contribution is -0.132. The number of carbonyl (C=O) groups excluding carboxylic acids is 3. The summed E-state index contributed by atoms with van der Waals surface area (Å²) in [5.74, 6) is -2.00. The molecule has 1 N–H and O–H groups in total. The Morgan fingerprint density at radius 2 is 1.59 bits per heavy atom. The Bertz CT molecular complexity index is 1620. The number of fused-ring (bicyclic) bond motifs is 1. The van der Waals surface area contributed by atoms with Crippen LogP contribution >= 0.6 is 0 Å². The molecule has 1 heterocycles. The van der Waals surface area contributed by atoms with Crippen LogP contribution in [0.5, 0.6) is 5.75 Å². The summed E-state index contributed by atoms with van der Waals surface area (Å²) in [6.45, 7) is 5.20. The first-order chi connectivity index (χ1) is 17.7. The topological polar surface area (TPSA) is 83.9 Å². The molecule has 6 heteroatoms. The molecular weight excluding hydrogens is 466 g/mol. The highest BCUT2D eigenvalue weighted by Crippen LogP contribution is 2.43. The van der Waals surface area contributed by atoms with Crippen molar-refractivity contribution >= 4 is 39.9 Å². The van der Waals surface area contributed by atoms with Crippen LogP contribution in [0, 0.1) is 13.8 Å². The van der Waals surface area contributed by atoms with Crippen LogP contribution < -0.4 is 9.64 Å². The first-order valence-corrected chi connectivity index (χ1v) is 11.9. The summed E-state index contributed by atoms with van der Waals surface area (Å²) in [5, 5.41) is 13.4. The fourth-order valence-corrected chi connectivity index (χ4v) is 4.70. The van der Waals surface area contributed by atoms with Gasteiger partial charge in [0.25, 0.3) is 11.7 Å². The van der Waals surface area contributed by atoms with Gasteiger partial charge in [0, 0.05) is 18.2 Å². The molecule has 1 aliphatic rings. The molecule has 1 unspecified atom stereocenters. The van der Waals surface area contributed by atoms with E-state index in [1.165, 1.54) is 11.8 Å². The minimum Gasteiger partial charge on any atom is -0.507 e. The molecule has 0 aliphatic carbocycles. The van der Waals surface area contributed by atoms with E-state index in [9.17, 15) is 19.5 Å². The second kappa shape index (κ2) is 9.39. The number of hydrogen-bond acceptors (Lipinski definition) is 5. The zero-order valence-corrected chi connectivity index (χ0v) is 20.7. The number of ether oxygens (including phenoxy) is 1. The molecule has 0 bridgehead atoms. The Labute approximate surface area is 214 Å². The van der Waals surface area contributed by atoms with Crippen molar-refractivity contribution in [2.24, 2.45) is 0 Å². The minimum absolute atomic E-state index is 0.0292. The maximum Gasteiger partial charge on any atom is 0.308 e. The third kappa shape index (κ3) is 4.38. The fourth-order valence-electron chi connectivity index (χ4n) is 4.70. The van der Waals surface area contributed by atoms with E-state index in [2.05, 4.69) is 0 Å². The highest BCUT2D eigenvalue weighted by Gasteiger charge is 2.47. The largest absolute Gasteiger partial charge is 0.507 e. The van der Waals surface area contributed by atoms with Gasteiger partial charge in [-0.3, -0.25) is 19.3 Å². The van der Waals surface area contributed by atoms with Crippen molar-refractivity contribution in [2.45, 2.75) is 26.8 Å². The number of ketones is 1. The molecule has 0 aromatic heterocycles. The van der Waals surface area contributed by atoms with E-state index in [1.54, 1.807) is 42.5 Å². The SMILES string of the molecule is CC(=O)Oc1cccc(C2/C(=C(/O)c3ccc4ccccc4c3)C(=O)C(=O)N2c2ccc(C)c(C)c2)c1. The van der Waals surface area contributed by atoms with E-state index in [4.69, 9.17) is 4.74 Å². The average Bonchev–Trinajstić information content (AvgIpc) is 3.15. The second-order valence-corrected chi connectivity index (χ2v) is 9.17. The molecule has 0 radical (unpaired) electrons. The van der Waals surface area contributed by atoms with Gasteiger partial charge in [-0.05, 0) is 71.6 Å². The fraction of sp³-hybridized carbons (Fsp3) is 0.129. The summed E-state index contributed by atoms with van der Waals surface area (Å²) in [7, 11) is 0. The molecule has 4 aromatic rings. The van der Waals surface area contributed by atoms with Crippen molar-refractivity contribution in [1.82, 2.24) is 0 Å². The van der Waals surface area contributed by atoms with Crippen LogP contribution in [0.4, 0.5) is 5.69 Å². The lowest BCUT2D eigenvalue weighted by Gasteiger charge is -2.26. The highest BCUT2D eigenvalue weighted by atomic mass is 16.5. The van der Waals surface area contributed by atoms with Crippen molar-refractivity contribution in [2.75, 3.05) is 4.90 Å². The number of hydrogen-bond donors (Lipinski definition) is 1. The Balaban J connectivity index is 1.73. The van der Waals surface area contributed by atoms with Crippen LogP contribution in [0.25, 0.3) is 16.5 Å². The number of anilines is 1. The predicted octanol–water partition coefficient (Wildman–Crippen LogP) is 6.01. The smallest absolute Gasteiger partial charge is 0.308 e. The molecule has 0 saturated carbocycles. The molecule has 184 valence electrons. The zero-order valence-electron chi connectivity index (χ0n) is 20.7. The monoisotopic (exact) mass is 491 g/mol. The van der Waals surface area contributed by atoms with Crippen molar-refractivity contribution in [3.8, 4) is 5.75 Å². The molecule has 1 saturated heterocycles. The highest BCUT2D eigenvalue weighted by molar-refractivity contribution is 6.51. The van der Waals surface area contributed by atoms with Gasteiger partial charge in [-0.25, -0.2) is 0 Å². The normalized spacial score (nSPS) is 16.8. The van der Waals surface area contributed by atoms with E-state index in [-0.39, 0.29) is 17.1 Å². The summed E-state index contributed by atoms with van der Waals surface area (Å²) >= 11 is 0. The molecule has 1 atom stereocenters. The third-order valence-electron chi connectivity index (χ3n) is 6.67. The van der Waals surface area contributed by atoms with Crippen LogP contribution in [0.2, 0.25) is 0 Å². The van der Waals surface area contributed by atoms with Crippen LogP contribution in [0.1, 0.15) is 35.2 Å². The van der Waals surface area contributed by atoms with Gasteiger partial charge >= 0.3 is 5.97 Å². The molecule has 1 amide bonds. The maximum absolute atomic E-state index is 13.5. The van der Waals surface area contributed by atoms with Gasteiger partial charge in [-0.2, -0.15) is 0 Å². The molecule has 1 aliphatic heterocycles. The van der Waals surface area contributed by atoms with E-state index < -0.39 is 23.7 Å². The van der Waals surface area contributed by atoms with E-state index in [1.807, 2.05) is 56.3 Å². The standard InChI is InChI=1S/C31H25NO5/c1-18-11-14-25(15-19(18)2)32-28(23-9-6-10-26(17-23)37-20(3)33)27(30(35)31(32)36)29(34)24-13-12-21-7-4-5-8-22(21)16-24/h4-17,28,34H,1-3H3/b29-27-. The number of nitrogens with zero attached hydrogens (tertiary/aromatic N) is 1. The summed E-state index contributed by atoms with van der Waals surface area (Å²) in [5.41, 5.74) is 3.46. The average molecular weight is 492 g/mol. The van der Waals surface area contributed by atoms with Crippen LogP contribution in [0.3, 0.4) is 0 Å². The minimum atomic E-state index is -0.927. The van der Waals surface area contributed by atoms with Gasteiger partial charge in [0.05, 0.1) is 11.6 Å². The Hall–Kier alpha value is -4.71. The lowest BCUT2D eigenvalue weighted by Crippen LogP contribution is -2.29. The molecular formula is C31H25NO5. The first kappa shape index (κ1) is 24.0. The number of aliphatic hydroxyl groups is 1. The van der Waals surface area contributed by atoms with E-state index in [0.717, 1.165) is 21.9 Å². The summed E-state index contributed by atoms with van der Waals surface area (Å²) in [4.78, 5) is 39.9. The molecule has 37 heavy (non-hydrogen) atoms. The molecule has 0 spiro atoms. The summed E-state index contributed by atoms with van der Waals surface area (Å²) in [6, 6.07) is 24.3. The Kier molecular flexibility index (Phi) is 6.09. The van der Waals surface area contributed by atoms with Gasteiger partial charge in [0.2, 0.25) is 0 Å². The number of aryl methyl sites for hydroxylation is 2.